The summed E-state index contributed by atoms with van der Waals surface area (Å²) in [7, 11) is 0. The number of hydrogen-bond acceptors (Lipinski definition) is 2. The fraction of sp³-hybridized carbons (Fsp3) is 0.394. The van der Waals surface area contributed by atoms with Gasteiger partial charge in [-0.05, 0) is 72.6 Å². The molecule has 1 fully saturated rings. The van der Waals surface area contributed by atoms with Crippen molar-refractivity contribution in [3.05, 3.63) is 83.7 Å². The van der Waals surface area contributed by atoms with Gasteiger partial charge in [0.05, 0.1) is 11.0 Å². The molecule has 1 aliphatic rings. The Morgan fingerprint density at radius 1 is 1.00 bits per heavy atom. The van der Waals surface area contributed by atoms with Crippen molar-refractivity contribution in [3.63, 3.8) is 0 Å². The monoisotopic (exact) mass is 493 g/mol. The van der Waals surface area contributed by atoms with Gasteiger partial charge in [-0.1, -0.05) is 81.1 Å². The average Bonchev–Trinajstić information content (AvgIpc) is 3.25. The second-order valence-electron chi connectivity index (χ2n) is 10.7. The molecule has 37 heavy (non-hydrogen) atoms. The van der Waals surface area contributed by atoms with E-state index in [0.29, 0.717) is 12.3 Å². The summed E-state index contributed by atoms with van der Waals surface area (Å²) in [5, 5.41) is 3.18. The number of aromatic nitrogens is 2. The van der Waals surface area contributed by atoms with Crippen molar-refractivity contribution in [1.82, 2.24) is 9.55 Å². The molecule has 1 saturated carbocycles. The molecule has 1 N–H and O–H groups in total. The molecule has 0 bridgehead atoms. The Balaban J connectivity index is 1.38. The minimum atomic E-state index is 0.135. The quantitative estimate of drug-likeness (QED) is 0.255. The Kier molecular flexibility index (Phi) is 8.03. The molecule has 0 saturated heterocycles. The van der Waals surface area contributed by atoms with E-state index in [1.807, 2.05) is 6.07 Å². The average molecular weight is 494 g/mol. The summed E-state index contributed by atoms with van der Waals surface area (Å²) in [6, 6.07) is 23.6. The number of carbonyl (C=O) groups excluding carboxylic acids is 1. The lowest BCUT2D eigenvalue weighted by Crippen LogP contribution is -2.18. The molecule has 0 radical (unpaired) electrons. The minimum Gasteiger partial charge on any atom is -0.326 e. The largest absolute Gasteiger partial charge is 0.326 e. The first-order chi connectivity index (χ1) is 18.1. The Labute approximate surface area is 221 Å². The van der Waals surface area contributed by atoms with Gasteiger partial charge >= 0.3 is 0 Å². The summed E-state index contributed by atoms with van der Waals surface area (Å²) in [6.45, 7) is 5.15. The van der Waals surface area contributed by atoms with E-state index in [9.17, 15) is 4.79 Å². The standard InChI is InChI=1S/C33H39N3O/c1-3-4-14-32-35-30-20-19-28(34-33(37)21-25-11-6-5-7-12-25)22-31(30)36(32)23-26-15-17-27(18-16-26)29-13-9-8-10-24(29)2/h8-10,13,15-20,22,25H,3-7,11-12,14,21,23H2,1-2H3,(H,34,37). The summed E-state index contributed by atoms with van der Waals surface area (Å²) in [5.41, 5.74) is 8.01. The van der Waals surface area contributed by atoms with Gasteiger partial charge in [-0.25, -0.2) is 4.98 Å². The van der Waals surface area contributed by atoms with Crippen LogP contribution >= 0.6 is 0 Å². The minimum absolute atomic E-state index is 0.135. The first kappa shape index (κ1) is 25.3. The summed E-state index contributed by atoms with van der Waals surface area (Å²) in [5.74, 6) is 1.78. The molecular weight excluding hydrogens is 454 g/mol. The maximum atomic E-state index is 12.8. The van der Waals surface area contributed by atoms with Crippen LogP contribution < -0.4 is 5.32 Å². The van der Waals surface area contributed by atoms with Gasteiger partial charge in [0.25, 0.3) is 0 Å². The summed E-state index contributed by atoms with van der Waals surface area (Å²) in [6.07, 6.45) is 10.0. The van der Waals surface area contributed by atoms with Gasteiger partial charge in [-0.2, -0.15) is 0 Å². The molecular formula is C33H39N3O. The number of carbonyl (C=O) groups is 1. The number of rotatable bonds is 9. The molecule has 4 aromatic rings. The van der Waals surface area contributed by atoms with Gasteiger partial charge in [0, 0.05) is 25.1 Å². The predicted octanol–water partition coefficient (Wildman–Crippen LogP) is 8.31. The third-order valence-electron chi connectivity index (χ3n) is 7.81. The van der Waals surface area contributed by atoms with Crippen LogP contribution in [-0.4, -0.2) is 15.5 Å². The SMILES string of the molecule is CCCCc1nc2ccc(NC(=O)CC3CCCCC3)cc2n1Cc1ccc(-c2ccccc2C)cc1. The highest BCUT2D eigenvalue weighted by molar-refractivity contribution is 5.93. The van der Waals surface area contributed by atoms with Crippen LogP contribution in [0.15, 0.2) is 66.7 Å². The molecule has 1 heterocycles. The number of nitrogens with zero attached hydrogens (tertiary/aromatic N) is 2. The number of nitrogens with one attached hydrogen (secondary N) is 1. The van der Waals surface area contributed by atoms with Crippen LogP contribution in [0.2, 0.25) is 0 Å². The van der Waals surface area contributed by atoms with Gasteiger partial charge < -0.3 is 9.88 Å². The van der Waals surface area contributed by atoms with Crippen molar-refractivity contribution >= 4 is 22.6 Å². The molecule has 0 aliphatic heterocycles. The third kappa shape index (κ3) is 6.12. The fourth-order valence-electron chi connectivity index (χ4n) is 5.69. The number of imidazole rings is 1. The van der Waals surface area contributed by atoms with Crippen molar-refractivity contribution in [2.24, 2.45) is 5.92 Å². The van der Waals surface area contributed by atoms with E-state index in [-0.39, 0.29) is 5.91 Å². The number of unbranched alkanes of at least 4 members (excludes halogenated alkanes) is 1. The van der Waals surface area contributed by atoms with E-state index >= 15 is 0 Å². The van der Waals surface area contributed by atoms with E-state index in [1.165, 1.54) is 54.4 Å². The van der Waals surface area contributed by atoms with Crippen LogP contribution in [0, 0.1) is 12.8 Å². The number of amides is 1. The molecule has 0 unspecified atom stereocenters. The smallest absolute Gasteiger partial charge is 0.224 e. The fourth-order valence-corrected chi connectivity index (χ4v) is 5.69. The van der Waals surface area contributed by atoms with Crippen molar-refractivity contribution < 1.29 is 4.79 Å². The number of hydrogen-bond donors (Lipinski definition) is 1. The zero-order chi connectivity index (χ0) is 25.6. The maximum absolute atomic E-state index is 12.8. The van der Waals surface area contributed by atoms with Gasteiger partial charge in [-0.15, -0.1) is 0 Å². The van der Waals surface area contributed by atoms with Gasteiger partial charge in [0.15, 0.2) is 0 Å². The van der Waals surface area contributed by atoms with Gasteiger partial charge in [0.1, 0.15) is 5.82 Å². The molecule has 3 aromatic carbocycles. The Morgan fingerprint density at radius 3 is 2.54 bits per heavy atom. The lowest BCUT2D eigenvalue weighted by atomic mass is 9.87. The molecule has 4 nitrogen and oxygen atoms in total. The van der Waals surface area contributed by atoms with Crippen LogP contribution in [0.25, 0.3) is 22.2 Å². The van der Waals surface area contributed by atoms with E-state index < -0.39 is 0 Å². The maximum Gasteiger partial charge on any atom is 0.224 e. The van der Waals surface area contributed by atoms with E-state index in [2.05, 4.69) is 84.4 Å². The van der Waals surface area contributed by atoms with Crippen molar-refractivity contribution in [2.45, 2.75) is 78.2 Å². The Bertz CT molecular complexity index is 1350. The Hall–Kier alpha value is -3.40. The summed E-state index contributed by atoms with van der Waals surface area (Å²) >= 11 is 0. The molecule has 0 spiro atoms. The van der Waals surface area contributed by atoms with Crippen LogP contribution in [0.1, 0.15) is 75.2 Å². The second kappa shape index (κ2) is 11.8. The highest BCUT2D eigenvalue weighted by Crippen LogP contribution is 2.28. The molecule has 1 aromatic heterocycles. The highest BCUT2D eigenvalue weighted by atomic mass is 16.1. The Morgan fingerprint density at radius 2 is 1.78 bits per heavy atom. The third-order valence-corrected chi connectivity index (χ3v) is 7.81. The summed E-state index contributed by atoms with van der Waals surface area (Å²) < 4.78 is 2.34. The second-order valence-corrected chi connectivity index (χ2v) is 10.7. The van der Waals surface area contributed by atoms with E-state index in [1.54, 1.807) is 0 Å². The zero-order valence-electron chi connectivity index (χ0n) is 22.3. The van der Waals surface area contributed by atoms with Crippen LogP contribution in [-0.2, 0) is 17.8 Å². The van der Waals surface area contributed by atoms with Crippen molar-refractivity contribution in [2.75, 3.05) is 5.32 Å². The first-order valence-electron chi connectivity index (χ1n) is 14.0. The van der Waals surface area contributed by atoms with E-state index in [0.717, 1.165) is 48.4 Å². The lowest BCUT2D eigenvalue weighted by Gasteiger charge is -2.20. The van der Waals surface area contributed by atoms with Crippen molar-refractivity contribution in [3.8, 4) is 11.1 Å². The molecule has 1 amide bonds. The first-order valence-corrected chi connectivity index (χ1v) is 14.0. The van der Waals surface area contributed by atoms with Crippen LogP contribution in [0.5, 0.6) is 0 Å². The van der Waals surface area contributed by atoms with Crippen molar-refractivity contribution in [1.29, 1.82) is 0 Å². The topological polar surface area (TPSA) is 46.9 Å². The summed E-state index contributed by atoms with van der Waals surface area (Å²) in [4.78, 5) is 17.8. The zero-order valence-corrected chi connectivity index (χ0v) is 22.3. The normalized spacial score (nSPS) is 14.2. The highest BCUT2D eigenvalue weighted by Gasteiger charge is 2.18. The van der Waals surface area contributed by atoms with Crippen LogP contribution in [0.4, 0.5) is 5.69 Å². The number of benzene rings is 3. The number of fused-ring (bicyclic) bond motifs is 1. The van der Waals surface area contributed by atoms with Gasteiger partial charge in [0.2, 0.25) is 5.91 Å². The lowest BCUT2D eigenvalue weighted by molar-refractivity contribution is -0.117. The molecule has 1 aliphatic carbocycles. The molecule has 192 valence electrons. The molecule has 4 heteroatoms. The van der Waals surface area contributed by atoms with E-state index in [4.69, 9.17) is 4.98 Å². The number of anilines is 1. The number of aryl methyl sites for hydroxylation is 2. The molecule has 0 atom stereocenters. The predicted molar refractivity (Wildman–Crippen MR) is 154 cm³/mol. The molecule has 5 rings (SSSR count). The van der Waals surface area contributed by atoms with Crippen LogP contribution in [0.3, 0.4) is 0 Å². The van der Waals surface area contributed by atoms with Gasteiger partial charge in [-0.3, -0.25) is 4.79 Å².